The van der Waals surface area contributed by atoms with E-state index in [9.17, 15) is 13.5 Å². The van der Waals surface area contributed by atoms with E-state index in [0.29, 0.717) is 20.7 Å². The Bertz CT molecular complexity index is 781. The fourth-order valence-electron chi connectivity index (χ4n) is 1.71. The van der Waals surface area contributed by atoms with Crippen molar-refractivity contribution >= 4 is 43.2 Å². The quantitative estimate of drug-likeness (QED) is 0.747. The largest absolute Gasteiger partial charge is 0.506 e. The van der Waals surface area contributed by atoms with Gasteiger partial charge in [-0.05, 0) is 40.2 Å². The molecule has 2 aromatic carbocycles. The molecular formula is C13H12BrClN2O3S. The molecule has 21 heavy (non-hydrogen) atoms. The van der Waals surface area contributed by atoms with E-state index in [1.807, 2.05) is 0 Å². The number of phenols is 1. The number of phenolic OH excluding ortho intramolecular Hbond substituents is 1. The first-order valence-electron chi connectivity index (χ1n) is 5.81. The van der Waals surface area contributed by atoms with E-state index in [-0.39, 0.29) is 17.2 Å². The first kappa shape index (κ1) is 16.1. The molecule has 2 aromatic rings. The maximum atomic E-state index is 11.3. The highest BCUT2D eigenvalue weighted by molar-refractivity contribution is 9.10. The number of aromatic hydroxyl groups is 1. The summed E-state index contributed by atoms with van der Waals surface area (Å²) in [5.74, 6) is 0.115. The SMILES string of the molecule is NS(=O)(=O)c1ccc(Cl)c(NCc2cccc(Br)c2O)c1. The van der Waals surface area contributed by atoms with Gasteiger partial charge in [-0.3, -0.25) is 0 Å². The molecule has 4 N–H and O–H groups in total. The molecule has 5 nitrogen and oxygen atoms in total. The maximum absolute atomic E-state index is 11.3. The molecule has 2 rings (SSSR count). The Morgan fingerprint density at radius 2 is 2.00 bits per heavy atom. The topological polar surface area (TPSA) is 92.4 Å². The van der Waals surface area contributed by atoms with Crippen LogP contribution >= 0.6 is 27.5 Å². The third-order valence-corrected chi connectivity index (χ3v) is 4.69. The van der Waals surface area contributed by atoms with Crippen molar-refractivity contribution < 1.29 is 13.5 Å². The molecule has 0 saturated carbocycles. The minimum absolute atomic E-state index is 0.0344. The van der Waals surface area contributed by atoms with E-state index in [4.69, 9.17) is 16.7 Å². The number of hydrogen-bond donors (Lipinski definition) is 3. The van der Waals surface area contributed by atoms with Crippen LogP contribution in [0.1, 0.15) is 5.56 Å². The minimum atomic E-state index is -3.80. The number of anilines is 1. The second-order valence-electron chi connectivity index (χ2n) is 4.29. The number of primary sulfonamides is 1. The molecule has 0 heterocycles. The lowest BCUT2D eigenvalue weighted by atomic mass is 10.2. The highest BCUT2D eigenvalue weighted by Crippen LogP contribution is 2.30. The lowest BCUT2D eigenvalue weighted by Crippen LogP contribution is -2.12. The normalized spacial score (nSPS) is 11.4. The van der Waals surface area contributed by atoms with Crippen molar-refractivity contribution in [2.45, 2.75) is 11.4 Å². The molecule has 0 saturated heterocycles. The van der Waals surface area contributed by atoms with Crippen molar-refractivity contribution in [3.8, 4) is 5.75 Å². The maximum Gasteiger partial charge on any atom is 0.238 e. The molecule has 0 aliphatic heterocycles. The molecule has 0 atom stereocenters. The molecule has 0 spiro atoms. The number of nitrogens with one attached hydrogen (secondary N) is 1. The van der Waals surface area contributed by atoms with Crippen molar-refractivity contribution in [2.75, 3.05) is 5.32 Å². The Kier molecular flexibility index (Phi) is 4.77. The summed E-state index contributed by atoms with van der Waals surface area (Å²) < 4.78 is 23.2. The summed E-state index contributed by atoms with van der Waals surface area (Å²) in [5, 5.41) is 18.3. The number of hydrogen-bond acceptors (Lipinski definition) is 4. The van der Waals surface area contributed by atoms with Crippen molar-refractivity contribution in [3.63, 3.8) is 0 Å². The van der Waals surface area contributed by atoms with E-state index >= 15 is 0 Å². The summed E-state index contributed by atoms with van der Waals surface area (Å²) in [6, 6.07) is 9.37. The number of para-hydroxylation sites is 1. The summed E-state index contributed by atoms with van der Waals surface area (Å²) in [5.41, 5.74) is 1.06. The van der Waals surface area contributed by atoms with E-state index in [1.165, 1.54) is 18.2 Å². The zero-order valence-corrected chi connectivity index (χ0v) is 13.8. The van der Waals surface area contributed by atoms with Crippen LogP contribution in [-0.2, 0) is 16.6 Å². The Balaban J connectivity index is 2.26. The van der Waals surface area contributed by atoms with Crippen LogP contribution in [0, 0.1) is 0 Å². The summed E-state index contributed by atoms with van der Waals surface area (Å²) in [4.78, 5) is -0.0344. The summed E-state index contributed by atoms with van der Waals surface area (Å²) >= 11 is 9.24. The van der Waals surface area contributed by atoms with Gasteiger partial charge < -0.3 is 10.4 Å². The highest BCUT2D eigenvalue weighted by atomic mass is 79.9. The van der Waals surface area contributed by atoms with Crippen LogP contribution in [0.2, 0.25) is 5.02 Å². The van der Waals surface area contributed by atoms with Crippen molar-refractivity contribution in [2.24, 2.45) is 5.14 Å². The van der Waals surface area contributed by atoms with Crippen LogP contribution in [0.4, 0.5) is 5.69 Å². The Hall–Kier alpha value is -1.28. The number of benzene rings is 2. The fraction of sp³-hybridized carbons (Fsp3) is 0.0769. The first-order valence-corrected chi connectivity index (χ1v) is 8.53. The monoisotopic (exact) mass is 390 g/mol. The molecule has 0 radical (unpaired) electrons. The lowest BCUT2D eigenvalue weighted by molar-refractivity contribution is 0.465. The molecule has 0 amide bonds. The molecule has 0 unspecified atom stereocenters. The zero-order chi connectivity index (χ0) is 15.6. The molecule has 8 heteroatoms. The van der Waals surface area contributed by atoms with Gasteiger partial charge in [0.2, 0.25) is 10.0 Å². The molecule has 0 aliphatic rings. The van der Waals surface area contributed by atoms with Crippen molar-refractivity contribution in [1.82, 2.24) is 0 Å². The van der Waals surface area contributed by atoms with Gasteiger partial charge in [-0.1, -0.05) is 23.7 Å². The Morgan fingerprint density at radius 1 is 1.29 bits per heavy atom. The average Bonchev–Trinajstić information content (AvgIpc) is 2.40. The third kappa shape index (κ3) is 3.88. The van der Waals surface area contributed by atoms with Crippen LogP contribution < -0.4 is 10.5 Å². The first-order chi connectivity index (χ1) is 9.79. The van der Waals surface area contributed by atoms with Gasteiger partial charge in [-0.15, -0.1) is 0 Å². The van der Waals surface area contributed by atoms with Gasteiger partial charge >= 0.3 is 0 Å². The van der Waals surface area contributed by atoms with Crippen LogP contribution in [0.3, 0.4) is 0 Å². The van der Waals surface area contributed by atoms with Crippen LogP contribution in [-0.4, -0.2) is 13.5 Å². The summed E-state index contributed by atoms with van der Waals surface area (Å²) in [6.07, 6.45) is 0. The molecule has 0 bridgehead atoms. The summed E-state index contributed by atoms with van der Waals surface area (Å²) in [7, 11) is -3.80. The highest BCUT2D eigenvalue weighted by Gasteiger charge is 2.11. The molecule has 0 aromatic heterocycles. The van der Waals surface area contributed by atoms with Gasteiger partial charge in [0.15, 0.2) is 0 Å². The molecule has 112 valence electrons. The number of nitrogens with two attached hydrogens (primary N) is 1. The Morgan fingerprint density at radius 3 is 2.67 bits per heavy atom. The average molecular weight is 392 g/mol. The standard InChI is InChI=1S/C13H12BrClN2O3S/c14-10-3-1-2-8(13(10)18)7-17-12-6-9(21(16,19)20)4-5-11(12)15/h1-6,17-18H,7H2,(H2,16,19,20). The minimum Gasteiger partial charge on any atom is -0.506 e. The third-order valence-electron chi connectivity index (χ3n) is 2.81. The second kappa shape index (κ2) is 6.23. The van der Waals surface area contributed by atoms with Crippen molar-refractivity contribution in [3.05, 3.63) is 51.5 Å². The number of sulfonamides is 1. The van der Waals surface area contributed by atoms with Crippen LogP contribution in [0.15, 0.2) is 45.8 Å². The second-order valence-corrected chi connectivity index (χ2v) is 7.11. The zero-order valence-electron chi connectivity index (χ0n) is 10.7. The van der Waals surface area contributed by atoms with Crippen LogP contribution in [0.25, 0.3) is 0 Å². The number of halogens is 2. The molecule has 0 fully saturated rings. The summed E-state index contributed by atoms with van der Waals surface area (Å²) in [6.45, 7) is 0.277. The van der Waals surface area contributed by atoms with E-state index in [0.717, 1.165) is 0 Å². The van der Waals surface area contributed by atoms with E-state index in [2.05, 4.69) is 21.2 Å². The fourth-order valence-corrected chi connectivity index (χ4v) is 2.84. The van der Waals surface area contributed by atoms with E-state index < -0.39 is 10.0 Å². The van der Waals surface area contributed by atoms with E-state index in [1.54, 1.807) is 18.2 Å². The van der Waals surface area contributed by atoms with Gasteiger partial charge in [-0.25, -0.2) is 13.6 Å². The van der Waals surface area contributed by atoms with Gasteiger partial charge in [0.25, 0.3) is 0 Å². The number of rotatable bonds is 4. The van der Waals surface area contributed by atoms with Gasteiger partial charge in [0, 0.05) is 12.1 Å². The van der Waals surface area contributed by atoms with Gasteiger partial charge in [0.1, 0.15) is 5.75 Å². The Labute approximate surface area is 135 Å². The molecular weight excluding hydrogens is 380 g/mol. The van der Waals surface area contributed by atoms with Gasteiger partial charge in [-0.2, -0.15) is 0 Å². The lowest BCUT2D eigenvalue weighted by Gasteiger charge is -2.11. The predicted octanol–water partition coefficient (Wildman–Crippen LogP) is 3.07. The molecule has 0 aliphatic carbocycles. The van der Waals surface area contributed by atoms with Crippen LogP contribution in [0.5, 0.6) is 5.75 Å². The van der Waals surface area contributed by atoms with Crippen molar-refractivity contribution in [1.29, 1.82) is 0 Å². The van der Waals surface area contributed by atoms with Gasteiger partial charge in [0.05, 0.1) is 20.1 Å². The predicted molar refractivity (Wildman–Crippen MR) is 86.0 cm³/mol. The smallest absolute Gasteiger partial charge is 0.238 e.